The molecule has 1 aromatic carbocycles. The molecule has 2 heterocycles. The summed E-state index contributed by atoms with van der Waals surface area (Å²) in [5.41, 5.74) is 8.73. The Morgan fingerprint density at radius 2 is 1.90 bits per heavy atom. The van der Waals surface area contributed by atoms with E-state index in [1.165, 1.54) is 6.07 Å². The van der Waals surface area contributed by atoms with Gasteiger partial charge in [0.1, 0.15) is 17.3 Å². The van der Waals surface area contributed by atoms with Gasteiger partial charge in [-0.05, 0) is 23.8 Å². The molecule has 0 spiro atoms. The molecule has 6 heteroatoms. The van der Waals surface area contributed by atoms with Gasteiger partial charge in [-0.15, -0.1) is 0 Å². The van der Waals surface area contributed by atoms with Crippen LogP contribution in [0.4, 0.5) is 10.2 Å². The van der Waals surface area contributed by atoms with Crippen molar-refractivity contribution in [3.8, 4) is 22.4 Å². The first-order chi connectivity index (χ1) is 10.1. The molecular formula is C15H12ClFN4. The monoisotopic (exact) mass is 302 g/mol. The van der Waals surface area contributed by atoms with Gasteiger partial charge in [0.05, 0.1) is 10.6 Å². The van der Waals surface area contributed by atoms with E-state index in [0.29, 0.717) is 22.6 Å². The maximum atomic E-state index is 13.7. The third-order valence-electron chi connectivity index (χ3n) is 3.27. The van der Waals surface area contributed by atoms with E-state index in [2.05, 4.69) is 10.1 Å². The summed E-state index contributed by atoms with van der Waals surface area (Å²) < 4.78 is 15.2. The minimum absolute atomic E-state index is 0.0332. The van der Waals surface area contributed by atoms with Crippen LogP contribution in [0.1, 0.15) is 0 Å². The van der Waals surface area contributed by atoms with Crippen molar-refractivity contribution in [2.24, 2.45) is 7.05 Å². The standard InChI is InChI=1S/C15H12ClFN4/c1-21-15(18)12(9-5-7-19-8-6-9)14(20-21)10-3-2-4-11(17)13(10)16/h2-8H,18H2,1H3. The van der Waals surface area contributed by atoms with Crippen molar-refractivity contribution in [3.05, 3.63) is 53.6 Å². The first-order valence-electron chi connectivity index (χ1n) is 6.27. The molecule has 0 fully saturated rings. The second-order valence-electron chi connectivity index (χ2n) is 4.57. The van der Waals surface area contributed by atoms with Gasteiger partial charge in [-0.1, -0.05) is 23.7 Å². The number of rotatable bonds is 2. The Balaban J connectivity index is 2.30. The maximum Gasteiger partial charge on any atom is 0.142 e. The first kappa shape index (κ1) is 13.6. The average molecular weight is 303 g/mol. The Bertz CT molecular complexity index is 799. The summed E-state index contributed by atoms with van der Waals surface area (Å²) in [5, 5.41) is 4.41. The fourth-order valence-corrected chi connectivity index (χ4v) is 2.43. The van der Waals surface area contributed by atoms with Crippen LogP contribution in [0, 0.1) is 5.82 Å². The molecule has 3 rings (SSSR count). The number of pyridine rings is 1. The molecule has 0 atom stereocenters. The molecule has 2 N–H and O–H groups in total. The summed E-state index contributed by atoms with van der Waals surface area (Å²) >= 11 is 6.07. The van der Waals surface area contributed by atoms with Crippen LogP contribution in [0.25, 0.3) is 22.4 Å². The lowest BCUT2D eigenvalue weighted by Crippen LogP contribution is -1.97. The van der Waals surface area contributed by atoms with Crippen LogP contribution in [0.2, 0.25) is 5.02 Å². The van der Waals surface area contributed by atoms with E-state index in [0.717, 1.165) is 5.56 Å². The number of nitrogen functional groups attached to an aromatic ring is 1. The van der Waals surface area contributed by atoms with E-state index < -0.39 is 5.82 Å². The molecule has 3 aromatic rings. The zero-order chi connectivity index (χ0) is 15.0. The summed E-state index contributed by atoms with van der Waals surface area (Å²) in [6.07, 6.45) is 3.33. The normalized spacial score (nSPS) is 10.8. The molecular weight excluding hydrogens is 291 g/mol. The highest BCUT2D eigenvalue weighted by molar-refractivity contribution is 6.33. The first-order valence-corrected chi connectivity index (χ1v) is 6.64. The number of nitrogens with two attached hydrogens (primary N) is 1. The van der Waals surface area contributed by atoms with E-state index in [4.69, 9.17) is 17.3 Å². The molecule has 4 nitrogen and oxygen atoms in total. The Labute approximate surface area is 126 Å². The van der Waals surface area contributed by atoms with Crippen molar-refractivity contribution in [1.82, 2.24) is 14.8 Å². The molecule has 0 aliphatic carbocycles. The van der Waals surface area contributed by atoms with E-state index in [9.17, 15) is 4.39 Å². The topological polar surface area (TPSA) is 56.7 Å². The van der Waals surface area contributed by atoms with Gasteiger partial charge in [0.15, 0.2) is 0 Å². The predicted octanol–water partition coefficient (Wildman–Crippen LogP) is 3.52. The third-order valence-corrected chi connectivity index (χ3v) is 3.65. The SMILES string of the molecule is Cn1nc(-c2cccc(F)c2Cl)c(-c2ccncc2)c1N. The van der Waals surface area contributed by atoms with Gasteiger partial charge in [-0.3, -0.25) is 9.67 Å². The number of anilines is 1. The molecule has 0 aliphatic rings. The minimum atomic E-state index is -0.487. The molecule has 0 radical (unpaired) electrons. The summed E-state index contributed by atoms with van der Waals surface area (Å²) in [7, 11) is 1.73. The van der Waals surface area contributed by atoms with Crippen molar-refractivity contribution in [1.29, 1.82) is 0 Å². The summed E-state index contributed by atoms with van der Waals surface area (Å²) in [6.45, 7) is 0. The Hall–Kier alpha value is -2.40. The zero-order valence-corrected chi connectivity index (χ0v) is 12.0. The van der Waals surface area contributed by atoms with Gasteiger partial charge in [-0.25, -0.2) is 4.39 Å². The lowest BCUT2D eigenvalue weighted by Gasteiger charge is -2.06. The van der Waals surface area contributed by atoms with Crippen molar-refractivity contribution in [3.63, 3.8) is 0 Å². The number of halogens is 2. The molecule has 0 aliphatic heterocycles. The fourth-order valence-electron chi connectivity index (χ4n) is 2.22. The minimum Gasteiger partial charge on any atom is -0.383 e. The Kier molecular flexibility index (Phi) is 3.35. The van der Waals surface area contributed by atoms with Gasteiger partial charge in [0, 0.05) is 25.0 Å². The lowest BCUT2D eigenvalue weighted by molar-refractivity contribution is 0.628. The van der Waals surface area contributed by atoms with Gasteiger partial charge in [0.25, 0.3) is 0 Å². The zero-order valence-electron chi connectivity index (χ0n) is 11.2. The quantitative estimate of drug-likeness (QED) is 0.788. The predicted molar refractivity (Wildman–Crippen MR) is 81.3 cm³/mol. The lowest BCUT2D eigenvalue weighted by atomic mass is 10.0. The molecule has 0 amide bonds. The summed E-state index contributed by atoms with van der Waals surface area (Å²) in [4.78, 5) is 3.99. The van der Waals surface area contributed by atoms with Crippen LogP contribution in [0.15, 0.2) is 42.7 Å². The van der Waals surface area contributed by atoms with Crippen molar-refractivity contribution in [2.45, 2.75) is 0 Å². The molecule has 0 bridgehead atoms. The number of benzene rings is 1. The molecule has 106 valence electrons. The van der Waals surface area contributed by atoms with Crippen molar-refractivity contribution >= 4 is 17.4 Å². The maximum absolute atomic E-state index is 13.7. The van der Waals surface area contributed by atoms with Gasteiger partial charge in [-0.2, -0.15) is 5.10 Å². The van der Waals surface area contributed by atoms with Crippen LogP contribution in [-0.4, -0.2) is 14.8 Å². The van der Waals surface area contributed by atoms with Crippen LogP contribution < -0.4 is 5.73 Å². The second-order valence-corrected chi connectivity index (χ2v) is 4.95. The summed E-state index contributed by atoms with van der Waals surface area (Å²) in [5.74, 6) is -0.00408. The highest BCUT2D eigenvalue weighted by Gasteiger charge is 2.20. The number of nitrogens with zero attached hydrogens (tertiary/aromatic N) is 3. The van der Waals surface area contributed by atoms with Gasteiger partial charge in [0.2, 0.25) is 0 Å². The molecule has 21 heavy (non-hydrogen) atoms. The number of aromatic nitrogens is 3. The third kappa shape index (κ3) is 2.25. The molecule has 0 unspecified atom stereocenters. The Morgan fingerprint density at radius 1 is 1.19 bits per heavy atom. The fraction of sp³-hybridized carbons (Fsp3) is 0.0667. The Morgan fingerprint density at radius 3 is 2.62 bits per heavy atom. The van der Waals surface area contributed by atoms with Crippen LogP contribution in [0.5, 0.6) is 0 Å². The number of aryl methyl sites for hydroxylation is 1. The second kappa shape index (κ2) is 5.18. The summed E-state index contributed by atoms with van der Waals surface area (Å²) in [6, 6.07) is 8.27. The highest BCUT2D eigenvalue weighted by atomic mass is 35.5. The van der Waals surface area contributed by atoms with Crippen molar-refractivity contribution in [2.75, 3.05) is 5.73 Å². The molecule has 2 aromatic heterocycles. The van der Waals surface area contributed by atoms with E-state index in [1.54, 1.807) is 36.3 Å². The van der Waals surface area contributed by atoms with E-state index >= 15 is 0 Å². The molecule has 0 saturated carbocycles. The smallest absolute Gasteiger partial charge is 0.142 e. The van der Waals surface area contributed by atoms with Crippen molar-refractivity contribution < 1.29 is 4.39 Å². The average Bonchev–Trinajstić information content (AvgIpc) is 2.78. The highest BCUT2D eigenvalue weighted by Crippen LogP contribution is 2.39. The van der Waals surface area contributed by atoms with Crippen LogP contribution in [0.3, 0.4) is 0 Å². The number of hydrogen-bond donors (Lipinski definition) is 1. The van der Waals surface area contributed by atoms with Crippen LogP contribution in [-0.2, 0) is 7.05 Å². The van der Waals surface area contributed by atoms with Crippen LogP contribution >= 0.6 is 11.6 Å². The number of hydrogen-bond acceptors (Lipinski definition) is 3. The molecule has 0 saturated heterocycles. The van der Waals surface area contributed by atoms with Gasteiger partial charge < -0.3 is 5.73 Å². The van der Waals surface area contributed by atoms with Gasteiger partial charge >= 0.3 is 0 Å². The van der Waals surface area contributed by atoms with E-state index in [1.807, 2.05) is 12.1 Å². The largest absolute Gasteiger partial charge is 0.383 e. The van der Waals surface area contributed by atoms with E-state index in [-0.39, 0.29) is 5.02 Å².